The first-order valence-corrected chi connectivity index (χ1v) is 3.75. The number of allylic oxidation sites excluding steroid dienone is 2. The van der Waals surface area contributed by atoms with Crippen molar-refractivity contribution < 1.29 is 9.47 Å². The molecule has 0 aromatic carbocycles. The quantitative estimate of drug-likeness (QED) is 0.671. The van der Waals surface area contributed by atoms with E-state index in [1.807, 2.05) is 0 Å². The maximum atomic E-state index is 5.22. The predicted octanol–water partition coefficient (Wildman–Crippen LogP) is 1.47. The van der Waals surface area contributed by atoms with Crippen LogP contribution < -0.4 is 5.73 Å². The van der Waals surface area contributed by atoms with Crippen molar-refractivity contribution in [2.45, 2.75) is 19.8 Å². The van der Waals surface area contributed by atoms with Crippen LogP contribution in [0, 0.1) is 0 Å². The standard InChI is InChI=1S/C8H13NO2/c1-2-3-7-8(4-5-9)11-6-10-7/h4-5H,2-3,6,9H2,1H3/b5-4-. The molecular weight excluding hydrogens is 142 g/mol. The Morgan fingerprint density at radius 1 is 1.55 bits per heavy atom. The average Bonchev–Trinajstić information content (AvgIpc) is 2.39. The lowest BCUT2D eigenvalue weighted by Crippen LogP contribution is -1.85. The van der Waals surface area contributed by atoms with Gasteiger partial charge in [0.2, 0.25) is 6.79 Å². The van der Waals surface area contributed by atoms with Gasteiger partial charge in [-0.15, -0.1) is 0 Å². The molecule has 1 rings (SSSR count). The lowest BCUT2D eigenvalue weighted by Gasteiger charge is -1.96. The summed E-state index contributed by atoms with van der Waals surface area (Å²) in [6.07, 6.45) is 5.15. The minimum Gasteiger partial charge on any atom is -0.458 e. The highest BCUT2D eigenvalue weighted by Crippen LogP contribution is 2.20. The number of nitrogens with two attached hydrogens (primary N) is 1. The molecule has 0 spiro atoms. The summed E-state index contributed by atoms with van der Waals surface area (Å²) in [7, 11) is 0. The van der Waals surface area contributed by atoms with Crippen LogP contribution in [0.5, 0.6) is 0 Å². The van der Waals surface area contributed by atoms with Crippen molar-refractivity contribution in [1.82, 2.24) is 0 Å². The molecule has 0 aliphatic carbocycles. The van der Waals surface area contributed by atoms with Crippen LogP contribution in [0.4, 0.5) is 0 Å². The van der Waals surface area contributed by atoms with Crippen LogP contribution in [-0.4, -0.2) is 6.79 Å². The van der Waals surface area contributed by atoms with Gasteiger partial charge in [-0.05, 0) is 18.7 Å². The molecule has 0 fully saturated rings. The molecule has 0 radical (unpaired) electrons. The fourth-order valence-corrected chi connectivity index (χ4v) is 0.967. The van der Waals surface area contributed by atoms with E-state index >= 15 is 0 Å². The summed E-state index contributed by atoms with van der Waals surface area (Å²) in [6, 6.07) is 0. The molecule has 62 valence electrons. The first-order chi connectivity index (χ1) is 5.38. The van der Waals surface area contributed by atoms with Crippen LogP contribution in [0.1, 0.15) is 19.8 Å². The number of rotatable bonds is 3. The lowest BCUT2D eigenvalue weighted by atomic mass is 10.2. The first-order valence-electron chi connectivity index (χ1n) is 3.75. The van der Waals surface area contributed by atoms with Gasteiger partial charge in [-0.3, -0.25) is 0 Å². The van der Waals surface area contributed by atoms with Gasteiger partial charge < -0.3 is 15.2 Å². The highest BCUT2D eigenvalue weighted by molar-refractivity contribution is 5.17. The van der Waals surface area contributed by atoms with E-state index in [2.05, 4.69) is 6.92 Å². The summed E-state index contributed by atoms with van der Waals surface area (Å²) in [6.45, 7) is 2.42. The monoisotopic (exact) mass is 155 g/mol. The normalized spacial score (nSPS) is 17.2. The minimum absolute atomic E-state index is 0.328. The Hall–Kier alpha value is -1.12. The molecule has 0 saturated heterocycles. The van der Waals surface area contributed by atoms with E-state index in [1.54, 1.807) is 6.08 Å². The van der Waals surface area contributed by atoms with Gasteiger partial charge in [0, 0.05) is 6.42 Å². The minimum atomic E-state index is 0.328. The first kappa shape index (κ1) is 7.98. The Morgan fingerprint density at radius 3 is 3.00 bits per heavy atom. The third-order valence-electron chi connectivity index (χ3n) is 1.45. The molecule has 0 saturated carbocycles. The van der Waals surface area contributed by atoms with E-state index in [0.29, 0.717) is 6.79 Å². The van der Waals surface area contributed by atoms with Crippen molar-refractivity contribution in [2.75, 3.05) is 6.79 Å². The van der Waals surface area contributed by atoms with Crippen LogP contribution in [0.3, 0.4) is 0 Å². The van der Waals surface area contributed by atoms with Gasteiger partial charge in [0.05, 0.1) is 0 Å². The summed E-state index contributed by atoms with van der Waals surface area (Å²) < 4.78 is 10.4. The molecule has 1 aliphatic rings. The zero-order valence-electron chi connectivity index (χ0n) is 6.67. The summed E-state index contributed by atoms with van der Waals surface area (Å²) in [5, 5.41) is 0. The smallest absolute Gasteiger partial charge is 0.230 e. The fourth-order valence-electron chi connectivity index (χ4n) is 0.967. The summed E-state index contributed by atoms with van der Waals surface area (Å²) in [5.74, 6) is 1.68. The molecule has 0 atom stereocenters. The van der Waals surface area contributed by atoms with Crippen LogP contribution >= 0.6 is 0 Å². The van der Waals surface area contributed by atoms with Gasteiger partial charge in [-0.25, -0.2) is 0 Å². The molecule has 0 aromatic heterocycles. The van der Waals surface area contributed by atoms with Gasteiger partial charge in [0.25, 0.3) is 0 Å². The van der Waals surface area contributed by atoms with Gasteiger partial charge in [0.1, 0.15) is 5.76 Å². The molecule has 0 unspecified atom stereocenters. The number of hydrogen-bond donors (Lipinski definition) is 1. The average molecular weight is 155 g/mol. The van der Waals surface area contributed by atoms with Crippen molar-refractivity contribution in [3.05, 3.63) is 23.8 Å². The maximum absolute atomic E-state index is 5.22. The summed E-state index contributed by atoms with van der Waals surface area (Å²) in [4.78, 5) is 0. The second kappa shape index (κ2) is 3.91. The predicted molar refractivity (Wildman–Crippen MR) is 42.3 cm³/mol. The Morgan fingerprint density at radius 2 is 2.36 bits per heavy atom. The number of hydrogen-bond acceptors (Lipinski definition) is 3. The third kappa shape index (κ3) is 1.90. The van der Waals surface area contributed by atoms with E-state index < -0.39 is 0 Å². The molecule has 2 N–H and O–H groups in total. The van der Waals surface area contributed by atoms with E-state index in [1.165, 1.54) is 6.20 Å². The Labute approximate surface area is 66.5 Å². The third-order valence-corrected chi connectivity index (χ3v) is 1.45. The summed E-state index contributed by atoms with van der Waals surface area (Å²) in [5.41, 5.74) is 5.22. The topological polar surface area (TPSA) is 44.5 Å². The van der Waals surface area contributed by atoms with E-state index in [-0.39, 0.29) is 0 Å². The van der Waals surface area contributed by atoms with Crippen LogP contribution in [0.15, 0.2) is 23.8 Å². The van der Waals surface area contributed by atoms with Crippen LogP contribution in [0.25, 0.3) is 0 Å². The molecule has 0 aromatic rings. The second-order valence-corrected chi connectivity index (χ2v) is 2.30. The van der Waals surface area contributed by atoms with Crippen LogP contribution in [0.2, 0.25) is 0 Å². The lowest BCUT2D eigenvalue weighted by molar-refractivity contribution is 0.0719. The van der Waals surface area contributed by atoms with E-state index in [4.69, 9.17) is 15.2 Å². The Bertz CT molecular complexity index is 185. The number of ether oxygens (including phenoxy) is 2. The fraction of sp³-hybridized carbons (Fsp3) is 0.500. The van der Waals surface area contributed by atoms with Gasteiger partial charge in [-0.2, -0.15) is 0 Å². The van der Waals surface area contributed by atoms with Gasteiger partial charge in [0.15, 0.2) is 5.76 Å². The maximum Gasteiger partial charge on any atom is 0.230 e. The zero-order valence-corrected chi connectivity index (χ0v) is 6.67. The van der Waals surface area contributed by atoms with Gasteiger partial charge in [-0.1, -0.05) is 6.92 Å². The van der Waals surface area contributed by atoms with Crippen molar-refractivity contribution >= 4 is 0 Å². The van der Waals surface area contributed by atoms with Crippen molar-refractivity contribution in [3.8, 4) is 0 Å². The SMILES string of the molecule is CCCC1=C(/C=C\N)OCO1. The van der Waals surface area contributed by atoms with Gasteiger partial charge >= 0.3 is 0 Å². The molecular formula is C8H13NO2. The van der Waals surface area contributed by atoms with Crippen molar-refractivity contribution in [2.24, 2.45) is 5.73 Å². The Balaban J connectivity index is 2.61. The summed E-state index contributed by atoms with van der Waals surface area (Å²) >= 11 is 0. The molecule has 1 aliphatic heterocycles. The molecule has 0 bridgehead atoms. The Kier molecular flexibility index (Phi) is 2.83. The molecule has 3 heteroatoms. The van der Waals surface area contributed by atoms with Crippen LogP contribution in [-0.2, 0) is 9.47 Å². The molecule has 1 heterocycles. The molecule has 11 heavy (non-hydrogen) atoms. The molecule has 3 nitrogen and oxygen atoms in total. The zero-order chi connectivity index (χ0) is 8.10. The largest absolute Gasteiger partial charge is 0.458 e. The highest BCUT2D eigenvalue weighted by Gasteiger charge is 2.13. The van der Waals surface area contributed by atoms with Crippen molar-refractivity contribution in [1.29, 1.82) is 0 Å². The van der Waals surface area contributed by atoms with Crippen molar-refractivity contribution in [3.63, 3.8) is 0 Å². The second-order valence-electron chi connectivity index (χ2n) is 2.30. The van der Waals surface area contributed by atoms with E-state index in [0.717, 1.165) is 24.4 Å². The highest BCUT2D eigenvalue weighted by atomic mass is 16.7. The van der Waals surface area contributed by atoms with E-state index in [9.17, 15) is 0 Å². The molecule has 0 amide bonds.